The van der Waals surface area contributed by atoms with E-state index in [-0.39, 0.29) is 5.91 Å². The molecule has 0 unspecified atom stereocenters. The predicted octanol–water partition coefficient (Wildman–Crippen LogP) is 3.87. The van der Waals surface area contributed by atoms with Crippen molar-refractivity contribution in [3.63, 3.8) is 0 Å². The maximum Gasteiger partial charge on any atom is 0.228 e. The van der Waals surface area contributed by atoms with Crippen molar-refractivity contribution >= 4 is 11.6 Å². The van der Waals surface area contributed by atoms with Crippen molar-refractivity contribution in [3.8, 4) is 22.5 Å². The molecular weight excluding hydrogens is 362 g/mol. The number of carbonyl (C=O) groups excluding carboxylic acids is 1. The van der Waals surface area contributed by atoms with Gasteiger partial charge in [0, 0.05) is 30.6 Å². The maximum atomic E-state index is 13.2. The summed E-state index contributed by atoms with van der Waals surface area (Å²) in [5, 5.41) is 12.3. The SMILES string of the molecule is CCCn1nnc2c1-c1ccccc1CN(C(=O)CCNCC)c1ccccc1-2. The van der Waals surface area contributed by atoms with Crippen molar-refractivity contribution in [2.75, 3.05) is 18.0 Å². The standard InChI is InChI=1S/C23H27N5O/c1-3-15-28-23-18-10-6-5-9-17(18)16-27(21(29)13-14-24-4-2)20-12-8-7-11-19(20)22(23)25-26-28/h5-12,24H,3-4,13-16H2,1-2H3. The molecule has 3 aromatic rings. The molecule has 0 spiro atoms. The van der Waals surface area contributed by atoms with Crippen molar-refractivity contribution in [2.45, 2.75) is 39.8 Å². The number of aromatic nitrogens is 3. The molecule has 1 aliphatic rings. The van der Waals surface area contributed by atoms with Crippen LogP contribution in [-0.4, -0.2) is 34.0 Å². The Labute approximate surface area is 171 Å². The number of nitrogens with one attached hydrogen (secondary N) is 1. The summed E-state index contributed by atoms with van der Waals surface area (Å²) in [6.45, 7) is 7.07. The number of aryl methyl sites for hydroxylation is 1. The van der Waals surface area contributed by atoms with Gasteiger partial charge in [0.15, 0.2) is 0 Å². The first-order valence-corrected chi connectivity index (χ1v) is 10.4. The second-order valence-corrected chi connectivity index (χ2v) is 7.27. The molecule has 4 rings (SSSR count). The number of carbonyl (C=O) groups is 1. The van der Waals surface area contributed by atoms with Gasteiger partial charge in [-0.3, -0.25) is 4.79 Å². The highest BCUT2D eigenvalue weighted by atomic mass is 16.2. The van der Waals surface area contributed by atoms with E-state index >= 15 is 0 Å². The molecule has 0 radical (unpaired) electrons. The lowest BCUT2D eigenvalue weighted by molar-refractivity contribution is -0.118. The van der Waals surface area contributed by atoms with Crippen LogP contribution in [0.5, 0.6) is 0 Å². The summed E-state index contributed by atoms with van der Waals surface area (Å²) in [6, 6.07) is 16.3. The fraction of sp³-hybridized carbons (Fsp3) is 0.348. The first kappa shape index (κ1) is 19.3. The Morgan fingerprint density at radius 2 is 1.83 bits per heavy atom. The second-order valence-electron chi connectivity index (χ2n) is 7.27. The molecule has 0 fully saturated rings. The van der Waals surface area contributed by atoms with Gasteiger partial charge < -0.3 is 10.2 Å². The van der Waals surface area contributed by atoms with Gasteiger partial charge in [0.2, 0.25) is 5.91 Å². The van der Waals surface area contributed by atoms with E-state index in [0.29, 0.717) is 19.5 Å². The van der Waals surface area contributed by atoms with Crippen LogP contribution < -0.4 is 10.2 Å². The molecule has 6 heteroatoms. The van der Waals surface area contributed by atoms with Crippen LogP contribution in [-0.2, 0) is 17.9 Å². The Morgan fingerprint density at radius 3 is 2.62 bits per heavy atom. The van der Waals surface area contributed by atoms with E-state index in [9.17, 15) is 4.79 Å². The lowest BCUT2D eigenvalue weighted by Crippen LogP contribution is -2.34. The summed E-state index contributed by atoms with van der Waals surface area (Å²) in [5.74, 6) is 0.109. The van der Waals surface area contributed by atoms with Crippen LogP contribution in [0.2, 0.25) is 0 Å². The zero-order valence-corrected chi connectivity index (χ0v) is 17.1. The number of anilines is 1. The minimum absolute atomic E-state index is 0.109. The molecule has 2 heterocycles. The molecule has 0 saturated carbocycles. The first-order chi connectivity index (χ1) is 14.2. The van der Waals surface area contributed by atoms with Gasteiger partial charge in [-0.1, -0.05) is 61.5 Å². The maximum absolute atomic E-state index is 13.2. The molecule has 150 valence electrons. The molecular formula is C23H27N5O. The predicted molar refractivity (Wildman–Crippen MR) is 116 cm³/mol. The molecule has 1 amide bonds. The number of benzene rings is 2. The van der Waals surface area contributed by atoms with Gasteiger partial charge in [-0.25, -0.2) is 4.68 Å². The van der Waals surface area contributed by atoms with Crippen LogP contribution in [0, 0.1) is 0 Å². The molecule has 1 aliphatic heterocycles. The molecule has 1 aromatic heterocycles. The van der Waals surface area contributed by atoms with E-state index in [1.54, 1.807) is 0 Å². The summed E-state index contributed by atoms with van der Waals surface area (Å²) in [5.41, 5.74) is 5.93. The highest BCUT2D eigenvalue weighted by Crippen LogP contribution is 2.41. The summed E-state index contributed by atoms with van der Waals surface area (Å²) in [4.78, 5) is 15.1. The van der Waals surface area contributed by atoms with E-state index in [2.05, 4.69) is 34.7 Å². The van der Waals surface area contributed by atoms with Crippen molar-refractivity contribution in [1.29, 1.82) is 0 Å². The van der Waals surface area contributed by atoms with Gasteiger partial charge >= 0.3 is 0 Å². The molecule has 0 aliphatic carbocycles. The molecule has 0 saturated heterocycles. The highest BCUT2D eigenvalue weighted by Gasteiger charge is 2.28. The lowest BCUT2D eigenvalue weighted by atomic mass is 9.95. The summed E-state index contributed by atoms with van der Waals surface area (Å²) >= 11 is 0. The Hall–Kier alpha value is -2.99. The average Bonchev–Trinajstić information content (AvgIpc) is 3.14. The third-order valence-electron chi connectivity index (χ3n) is 5.29. The Balaban J connectivity index is 1.88. The van der Waals surface area contributed by atoms with Gasteiger partial charge in [0.05, 0.1) is 17.9 Å². The topological polar surface area (TPSA) is 63.1 Å². The zero-order valence-electron chi connectivity index (χ0n) is 17.1. The average molecular weight is 390 g/mol. The monoisotopic (exact) mass is 389 g/mol. The third-order valence-corrected chi connectivity index (χ3v) is 5.29. The normalized spacial score (nSPS) is 12.6. The van der Waals surface area contributed by atoms with Crippen LogP contribution in [0.3, 0.4) is 0 Å². The van der Waals surface area contributed by atoms with Crippen LogP contribution in [0.1, 0.15) is 32.3 Å². The van der Waals surface area contributed by atoms with Gasteiger partial charge in [0.1, 0.15) is 5.69 Å². The number of fused-ring (bicyclic) bond motifs is 5. The van der Waals surface area contributed by atoms with Crippen molar-refractivity contribution < 1.29 is 4.79 Å². The van der Waals surface area contributed by atoms with Crippen molar-refractivity contribution in [3.05, 3.63) is 54.1 Å². The smallest absolute Gasteiger partial charge is 0.228 e. The fourth-order valence-electron chi connectivity index (χ4n) is 3.91. The van der Waals surface area contributed by atoms with Crippen LogP contribution >= 0.6 is 0 Å². The second kappa shape index (κ2) is 8.57. The number of para-hydroxylation sites is 1. The van der Waals surface area contributed by atoms with E-state index < -0.39 is 0 Å². The molecule has 0 atom stereocenters. The van der Waals surface area contributed by atoms with Crippen molar-refractivity contribution in [2.24, 2.45) is 0 Å². The summed E-state index contributed by atoms with van der Waals surface area (Å²) < 4.78 is 1.99. The Kier molecular flexibility index (Phi) is 5.71. The summed E-state index contributed by atoms with van der Waals surface area (Å²) in [6.07, 6.45) is 1.44. The zero-order chi connectivity index (χ0) is 20.2. The Bertz CT molecular complexity index is 1010. The number of hydrogen-bond donors (Lipinski definition) is 1. The number of nitrogens with zero attached hydrogens (tertiary/aromatic N) is 4. The quantitative estimate of drug-likeness (QED) is 0.650. The molecule has 2 aromatic carbocycles. The van der Waals surface area contributed by atoms with Gasteiger partial charge in [-0.15, -0.1) is 5.10 Å². The van der Waals surface area contributed by atoms with E-state index in [1.807, 2.05) is 52.9 Å². The van der Waals surface area contributed by atoms with Crippen LogP contribution in [0.25, 0.3) is 22.5 Å². The molecule has 29 heavy (non-hydrogen) atoms. The largest absolute Gasteiger partial charge is 0.316 e. The highest BCUT2D eigenvalue weighted by molar-refractivity contribution is 6.00. The summed E-state index contributed by atoms with van der Waals surface area (Å²) in [7, 11) is 0. The van der Waals surface area contributed by atoms with Crippen LogP contribution in [0.15, 0.2) is 48.5 Å². The fourth-order valence-corrected chi connectivity index (χ4v) is 3.91. The Morgan fingerprint density at radius 1 is 1.07 bits per heavy atom. The lowest BCUT2D eigenvalue weighted by Gasteiger charge is -2.28. The third kappa shape index (κ3) is 3.68. The minimum Gasteiger partial charge on any atom is -0.316 e. The number of amides is 1. The number of hydrogen-bond acceptors (Lipinski definition) is 4. The van der Waals surface area contributed by atoms with E-state index in [0.717, 1.165) is 53.3 Å². The minimum atomic E-state index is 0.109. The van der Waals surface area contributed by atoms with Gasteiger partial charge in [0.25, 0.3) is 0 Å². The van der Waals surface area contributed by atoms with Crippen LogP contribution in [0.4, 0.5) is 5.69 Å². The number of rotatable bonds is 6. The molecule has 1 N–H and O–H groups in total. The first-order valence-electron chi connectivity index (χ1n) is 10.4. The van der Waals surface area contributed by atoms with Gasteiger partial charge in [-0.05, 0) is 24.6 Å². The van der Waals surface area contributed by atoms with E-state index in [4.69, 9.17) is 0 Å². The van der Waals surface area contributed by atoms with Gasteiger partial charge in [-0.2, -0.15) is 0 Å². The van der Waals surface area contributed by atoms with E-state index in [1.165, 1.54) is 0 Å². The molecule has 0 bridgehead atoms. The van der Waals surface area contributed by atoms with Crippen molar-refractivity contribution in [1.82, 2.24) is 20.3 Å². The molecule has 6 nitrogen and oxygen atoms in total.